The van der Waals surface area contributed by atoms with Gasteiger partial charge in [0.15, 0.2) is 6.61 Å². The van der Waals surface area contributed by atoms with Crippen molar-refractivity contribution in [1.29, 1.82) is 0 Å². The summed E-state index contributed by atoms with van der Waals surface area (Å²) in [5, 5.41) is 0. The van der Waals surface area contributed by atoms with Gasteiger partial charge in [0.25, 0.3) is 0 Å². The lowest BCUT2D eigenvalue weighted by molar-refractivity contribution is -0.146. The van der Waals surface area contributed by atoms with Crippen molar-refractivity contribution in [2.45, 2.75) is 110 Å². The van der Waals surface area contributed by atoms with Gasteiger partial charge in [-0.2, -0.15) is 8.42 Å². The van der Waals surface area contributed by atoms with Gasteiger partial charge in [0.2, 0.25) is 0 Å². The second-order valence-electron chi connectivity index (χ2n) is 7.21. The zero-order valence-electron chi connectivity index (χ0n) is 17.1. The molecule has 6 nitrogen and oxygen atoms in total. The SMILES string of the molecule is CCCCCCCCCCCCCCCCCCOC(=O)COS(=O)(=O)O. The fourth-order valence-electron chi connectivity index (χ4n) is 3.00. The van der Waals surface area contributed by atoms with Crippen molar-refractivity contribution >= 4 is 16.4 Å². The highest BCUT2D eigenvalue weighted by molar-refractivity contribution is 7.80. The summed E-state index contributed by atoms with van der Waals surface area (Å²) in [7, 11) is -4.58. The van der Waals surface area contributed by atoms with Crippen molar-refractivity contribution in [3.05, 3.63) is 0 Å². The number of hydrogen-bond acceptors (Lipinski definition) is 5. The van der Waals surface area contributed by atoms with Crippen molar-refractivity contribution in [2.75, 3.05) is 13.2 Å². The summed E-state index contributed by atoms with van der Waals surface area (Å²) >= 11 is 0. The number of rotatable bonds is 20. The Labute approximate surface area is 166 Å². The highest BCUT2D eigenvalue weighted by Crippen LogP contribution is 2.13. The normalized spacial score (nSPS) is 11.6. The summed E-state index contributed by atoms with van der Waals surface area (Å²) in [5.74, 6) is -0.784. The minimum atomic E-state index is -4.58. The van der Waals surface area contributed by atoms with E-state index in [4.69, 9.17) is 9.29 Å². The summed E-state index contributed by atoms with van der Waals surface area (Å²) in [6, 6.07) is 0. The van der Waals surface area contributed by atoms with Gasteiger partial charge in [-0.05, 0) is 6.42 Å². The van der Waals surface area contributed by atoms with Crippen molar-refractivity contribution in [3.8, 4) is 0 Å². The third-order valence-corrected chi connectivity index (χ3v) is 5.00. The first kappa shape index (κ1) is 26.3. The molecule has 27 heavy (non-hydrogen) atoms. The van der Waals surface area contributed by atoms with E-state index in [0.29, 0.717) is 0 Å². The van der Waals surface area contributed by atoms with Crippen LogP contribution in [0, 0.1) is 0 Å². The molecule has 1 N–H and O–H groups in total. The highest BCUT2D eigenvalue weighted by Gasteiger charge is 2.10. The monoisotopic (exact) mass is 408 g/mol. The molecule has 0 bridgehead atoms. The van der Waals surface area contributed by atoms with Gasteiger partial charge in [0.05, 0.1) is 6.61 Å². The molecule has 0 fully saturated rings. The van der Waals surface area contributed by atoms with Crippen LogP contribution in [0.2, 0.25) is 0 Å². The molecule has 0 heterocycles. The van der Waals surface area contributed by atoms with E-state index in [2.05, 4.69) is 11.1 Å². The zero-order chi connectivity index (χ0) is 20.2. The molecule has 0 unspecified atom stereocenters. The number of ether oxygens (including phenoxy) is 1. The summed E-state index contributed by atoms with van der Waals surface area (Å²) in [6.07, 6.45) is 20.4. The van der Waals surface area contributed by atoms with E-state index < -0.39 is 23.0 Å². The number of hydrogen-bond donors (Lipinski definition) is 1. The van der Waals surface area contributed by atoms with E-state index in [0.717, 1.165) is 19.3 Å². The second kappa shape index (κ2) is 18.7. The Morgan fingerprint density at radius 2 is 1.07 bits per heavy atom. The molecule has 7 heteroatoms. The van der Waals surface area contributed by atoms with Gasteiger partial charge in [-0.25, -0.2) is 8.98 Å². The van der Waals surface area contributed by atoms with Gasteiger partial charge in [0.1, 0.15) is 0 Å². The maximum absolute atomic E-state index is 11.1. The first-order chi connectivity index (χ1) is 13.0. The van der Waals surface area contributed by atoms with Crippen molar-refractivity contribution in [1.82, 2.24) is 0 Å². The van der Waals surface area contributed by atoms with Crippen LogP contribution in [0.25, 0.3) is 0 Å². The van der Waals surface area contributed by atoms with Gasteiger partial charge in [-0.1, -0.05) is 103 Å². The largest absolute Gasteiger partial charge is 0.464 e. The molecule has 0 radical (unpaired) electrons. The molecule has 0 aliphatic rings. The van der Waals surface area contributed by atoms with Crippen LogP contribution in [-0.4, -0.2) is 32.2 Å². The standard InChI is InChI=1S/C20H40O6S/c1-2-3-4-5-6-7-8-9-10-11-12-13-14-15-16-17-18-25-20(21)19-26-27(22,23)24/h2-19H2,1H3,(H,22,23,24). The molecule has 0 aromatic carbocycles. The average molecular weight is 409 g/mol. The molecule has 0 atom stereocenters. The van der Waals surface area contributed by atoms with Crippen LogP contribution in [0.5, 0.6) is 0 Å². The van der Waals surface area contributed by atoms with Crippen molar-refractivity contribution in [3.63, 3.8) is 0 Å². The van der Waals surface area contributed by atoms with Gasteiger partial charge >= 0.3 is 16.4 Å². The number of carbonyl (C=O) groups excluding carboxylic acids is 1. The molecule has 0 aromatic rings. The van der Waals surface area contributed by atoms with Gasteiger partial charge in [-0.15, -0.1) is 0 Å². The molecule has 0 saturated carbocycles. The molecular weight excluding hydrogens is 368 g/mol. The Bertz CT molecular complexity index is 436. The van der Waals surface area contributed by atoms with E-state index in [1.807, 2.05) is 0 Å². The molecule has 162 valence electrons. The van der Waals surface area contributed by atoms with E-state index >= 15 is 0 Å². The minimum absolute atomic E-state index is 0.256. The fraction of sp³-hybridized carbons (Fsp3) is 0.950. The van der Waals surface area contributed by atoms with Crippen molar-refractivity contribution < 1.29 is 26.7 Å². The smallest absolute Gasteiger partial charge is 0.397 e. The molecule has 0 aliphatic heterocycles. The predicted molar refractivity (Wildman–Crippen MR) is 108 cm³/mol. The Morgan fingerprint density at radius 1 is 0.704 bits per heavy atom. The van der Waals surface area contributed by atoms with E-state index in [1.165, 1.54) is 83.5 Å². The van der Waals surface area contributed by atoms with Crippen LogP contribution in [0.15, 0.2) is 0 Å². The molecule has 0 spiro atoms. The highest BCUT2D eigenvalue weighted by atomic mass is 32.3. The maximum atomic E-state index is 11.1. The Balaban J connectivity index is 3.16. The van der Waals surface area contributed by atoms with Crippen LogP contribution >= 0.6 is 0 Å². The van der Waals surface area contributed by atoms with Crippen LogP contribution in [-0.2, 0) is 24.1 Å². The van der Waals surface area contributed by atoms with Crippen molar-refractivity contribution in [2.24, 2.45) is 0 Å². The zero-order valence-corrected chi connectivity index (χ0v) is 17.9. The summed E-state index contributed by atoms with van der Waals surface area (Å²) in [5.41, 5.74) is 0. The van der Waals surface area contributed by atoms with Gasteiger partial charge < -0.3 is 4.74 Å². The second-order valence-corrected chi connectivity index (χ2v) is 8.30. The number of carbonyl (C=O) groups is 1. The van der Waals surface area contributed by atoms with Crippen LogP contribution in [0.4, 0.5) is 0 Å². The summed E-state index contributed by atoms with van der Waals surface area (Å²) < 4.78 is 37.7. The first-order valence-electron chi connectivity index (χ1n) is 10.7. The minimum Gasteiger partial charge on any atom is -0.464 e. The van der Waals surface area contributed by atoms with Crippen LogP contribution in [0.3, 0.4) is 0 Å². The predicted octanol–water partition coefficient (Wildman–Crippen LogP) is 5.61. The number of esters is 1. The van der Waals surface area contributed by atoms with Gasteiger partial charge in [-0.3, -0.25) is 4.55 Å². The third-order valence-electron chi connectivity index (χ3n) is 4.59. The Hall–Kier alpha value is -0.660. The lowest BCUT2D eigenvalue weighted by atomic mass is 10.0. The summed E-state index contributed by atoms with van der Waals surface area (Å²) in [6.45, 7) is 1.73. The van der Waals surface area contributed by atoms with E-state index in [-0.39, 0.29) is 6.61 Å². The topological polar surface area (TPSA) is 89.9 Å². The molecule has 0 aromatic heterocycles. The fourth-order valence-corrected chi connectivity index (χ4v) is 3.25. The molecule has 0 amide bonds. The molecule has 0 saturated heterocycles. The molecule has 0 aliphatic carbocycles. The average Bonchev–Trinajstić information content (AvgIpc) is 2.62. The Kier molecular flexibility index (Phi) is 18.2. The van der Waals surface area contributed by atoms with Crippen LogP contribution in [0.1, 0.15) is 110 Å². The molecule has 0 rings (SSSR count). The summed E-state index contributed by atoms with van der Waals surface area (Å²) in [4.78, 5) is 11.1. The first-order valence-corrected chi connectivity index (χ1v) is 12.1. The lowest BCUT2D eigenvalue weighted by Crippen LogP contribution is -2.16. The van der Waals surface area contributed by atoms with E-state index in [9.17, 15) is 13.2 Å². The van der Waals surface area contributed by atoms with Crippen LogP contribution < -0.4 is 0 Å². The maximum Gasteiger partial charge on any atom is 0.397 e. The van der Waals surface area contributed by atoms with Gasteiger partial charge in [0, 0.05) is 0 Å². The number of unbranched alkanes of at least 4 members (excludes halogenated alkanes) is 15. The lowest BCUT2D eigenvalue weighted by Gasteiger charge is -2.05. The quantitative estimate of drug-likeness (QED) is 0.160. The third kappa shape index (κ3) is 23.3. The molecular formula is C20H40O6S. The Morgan fingerprint density at radius 3 is 1.44 bits per heavy atom. The van der Waals surface area contributed by atoms with E-state index in [1.54, 1.807) is 0 Å².